The summed E-state index contributed by atoms with van der Waals surface area (Å²) < 4.78 is 0. The number of guanidine groups is 1. The molecule has 1 fully saturated rings. The van der Waals surface area contributed by atoms with Crippen molar-refractivity contribution in [3.63, 3.8) is 0 Å². The van der Waals surface area contributed by atoms with Crippen LogP contribution in [0.4, 0.5) is 0 Å². The Morgan fingerprint density at radius 2 is 1.63 bits per heavy atom. The molecule has 0 spiro atoms. The molecule has 5 nitrogen and oxygen atoms in total. The average Bonchev–Trinajstić information content (AvgIpc) is 2.91. The highest BCUT2D eigenvalue weighted by molar-refractivity contribution is 14.0. The summed E-state index contributed by atoms with van der Waals surface area (Å²) >= 11 is 0. The van der Waals surface area contributed by atoms with Crippen LogP contribution in [-0.2, 0) is 13.1 Å². The quantitative estimate of drug-likeness (QED) is 0.256. The number of benzene rings is 1. The van der Waals surface area contributed by atoms with E-state index < -0.39 is 0 Å². The maximum absolute atomic E-state index is 4.33. The second-order valence-corrected chi connectivity index (χ2v) is 7.52. The lowest BCUT2D eigenvalue weighted by Gasteiger charge is -2.20. The Morgan fingerprint density at radius 3 is 2.22 bits per heavy atom. The van der Waals surface area contributed by atoms with Crippen molar-refractivity contribution in [3.8, 4) is 0 Å². The molecule has 0 saturated carbocycles. The third kappa shape index (κ3) is 10.3. The first-order valence-electron chi connectivity index (χ1n) is 10.1. The van der Waals surface area contributed by atoms with Crippen LogP contribution < -0.4 is 10.6 Å². The first-order chi connectivity index (χ1) is 12.7. The number of halogens is 1. The lowest BCUT2D eigenvalue weighted by Crippen LogP contribution is -2.38. The molecule has 1 aromatic rings. The van der Waals surface area contributed by atoms with Gasteiger partial charge in [-0.2, -0.15) is 0 Å². The van der Waals surface area contributed by atoms with Gasteiger partial charge in [-0.25, -0.2) is 0 Å². The van der Waals surface area contributed by atoms with Crippen molar-refractivity contribution in [2.45, 2.75) is 45.2 Å². The first-order valence-corrected chi connectivity index (χ1v) is 10.1. The van der Waals surface area contributed by atoms with Crippen LogP contribution in [0.15, 0.2) is 29.3 Å². The Hall–Kier alpha value is -0.860. The van der Waals surface area contributed by atoms with E-state index in [2.05, 4.69) is 63.8 Å². The predicted molar refractivity (Wildman–Crippen MR) is 127 cm³/mol. The van der Waals surface area contributed by atoms with Crippen LogP contribution >= 0.6 is 24.0 Å². The highest BCUT2D eigenvalue weighted by Gasteiger charge is 2.08. The summed E-state index contributed by atoms with van der Waals surface area (Å²) in [5.41, 5.74) is 2.62. The molecule has 6 heteroatoms. The van der Waals surface area contributed by atoms with E-state index in [-0.39, 0.29) is 24.0 Å². The van der Waals surface area contributed by atoms with Crippen LogP contribution in [0.1, 0.15) is 43.2 Å². The molecular weight excluding hydrogens is 449 g/mol. The van der Waals surface area contributed by atoms with Gasteiger partial charge >= 0.3 is 0 Å². The predicted octanol–water partition coefficient (Wildman–Crippen LogP) is 3.30. The van der Waals surface area contributed by atoms with Crippen LogP contribution in [0, 0.1) is 0 Å². The zero-order chi connectivity index (χ0) is 18.6. The van der Waals surface area contributed by atoms with Crippen LogP contribution in [0.3, 0.4) is 0 Å². The summed E-state index contributed by atoms with van der Waals surface area (Å²) in [7, 11) is 6.03. The molecule has 1 saturated heterocycles. The van der Waals surface area contributed by atoms with Crippen molar-refractivity contribution in [1.82, 2.24) is 20.4 Å². The highest BCUT2D eigenvalue weighted by Crippen LogP contribution is 2.09. The normalized spacial score (nSPS) is 15.9. The SMILES string of the molecule is CN=C(NCCCN1CCCCCC1)NCc1ccc(CN(C)C)cc1.I. The Balaban J connectivity index is 0.00000364. The highest BCUT2D eigenvalue weighted by atomic mass is 127. The molecule has 2 N–H and O–H groups in total. The Bertz CT molecular complexity index is 522. The van der Waals surface area contributed by atoms with Gasteiger partial charge in [-0.1, -0.05) is 37.1 Å². The molecule has 1 aliphatic rings. The molecule has 0 aromatic heterocycles. The number of nitrogens with zero attached hydrogens (tertiary/aromatic N) is 3. The summed E-state index contributed by atoms with van der Waals surface area (Å²) in [6, 6.07) is 8.79. The first kappa shape index (κ1) is 24.2. The van der Waals surface area contributed by atoms with Crippen LogP contribution in [0.2, 0.25) is 0 Å². The fourth-order valence-electron chi connectivity index (χ4n) is 3.40. The fraction of sp³-hybridized carbons (Fsp3) is 0.667. The number of likely N-dealkylation sites (tertiary alicyclic amines) is 1. The average molecular weight is 487 g/mol. The van der Waals surface area contributed by atoms with Crippen molar-refractivity contribution in [1.29, 1.82) is 0 Å². The van der Waals surface area contributed by atoms with Crippen molar-refractivity contribution in [3.05, 3.63) is 35.4 Å². The number of rotatable bonds is 8. The topological polar surface area (TPSA) is 42.9 Å². The second kappa shape index (κ2) is 14.2. The standard InChI is InChI=1S/C21H37N5.HI/c1-22-21(23-13-8-16-26-14-6-4-5-7-15-26)24-17-19-9-11-20(12-10-19)18-25(2)3;/h9-12H,4-8,13-18H2,1-3H3,(H2,22,23,24);1H. The minimum atomic E-state index is 0. The molecule has 0 bridgehead atoms. The van der Waals surface area contributed by atoms with Gasteiger partial charge < -0.3 is 20.4 Å². The molecule has 0 amide bonds. The monoisotopic (exact) mass is 487 g/mol. The Kier molecular flexibility index (Phi) is 12.7. The number of aliphatic imine (C=N–C) groups is 1. The molecule has 0 aliphatic carbocycles. The van der Waals surface area contributed by atoms with E-state index in [0.29, 0.717) is 0 Å². The van der Waals surface area contributed by atoms with Gasteiger partial charge in [0.15, 0.2) is 5.96 Å². The van der Waals surface area contributed by atoms with Crippen molar-refractivity contribution >= 4 is 29.9 Å². The number of hydrogen-bond donors (Lipinski definition) is 2. The lowest BCUT2D eigenvalue weighted by molar-refractivity contribution is 0.282. The van der Waals surface area contributed by atoms with Gasteiger partial charge in [0.05, 0.1) is 0 Å². The summed E-state index contributed by atoms with van der Waals surface area (Å²) in [4.78, 5) is 9.13. The zero-order valence-electron chi connectivity index (χ0n) is 17.3. The molecule has 27 heavy (non-hydrogen) atoms. The number of hydrogen-bond acceptors (Lipinski definition) is 3. The summed E-state index contributed by atoms with van der Waals surface area (Å²) in [5.74, 6) is 0.887. The van der Waals surface area contributed by atoms with E-state index in [4.69, 9.17) is 0 Å². The van der Waals surface area contributed by atoms with E-state index in [1.807, 2.05) is 7.05 Å². The smallest absolute Gasteiger partial charge is 0.191 e. The van der Waals surface area contributed by atoms with Crippen LogP contribution in [0.5, 0.6) is 0 Å². The van der Waals surface area contributed by atoms with E-state index >= 15 is 0 Å². The summed E-state index contributed by atoms with van der Waals surface area (Å²) in [6.07, 6.45) is 6.71. The summed E-state index contributed by atoms with van der Waals surface area (Å²) in [5, 5.41) is 6.85. The van der Waals surface area contributed by atoms with Gasteiger partial charge in [0.25, 0.3) is 0 Å². The molecule has 1 aliphatic heterocycles. The van der Waals surface area contributed by atoms with Gasteiger partial charge in [0.2, 0.25) is 0 Å². The molecule has 0 unspecified atom stereocenters. The maximum Gasteiger partial charge on any atom is 0.191 e. The van der Waals surface area contributed by atoms with E-state index in [1.54, 1.807) is 0 Å². The van der Waals surface area contributed by atoms with Gasteiger partial charge in [0, 0.05) is 26.7 Å². The Labute approximate surface area is 183 Å². The molecule has 1 aromatic carbocycles. The van der Waals surface area contributed by atoms with Gasteiger partial charge in [-0.3, -0.25) is 4.99 Å². The Morgan fingerprint density at radius 1 is 1.00 bits per heavy atom. The van der Waals surface area contributed by atoms with Crippen LogP contribution in [0.25, 0.3) is 0 Å². The van der Waals surface area contributed by atoms with E-state index in [0.717, 1.165) is 25.6 Å². The minimum absolute atomic E-state index is 0. The number of nitrogens with one attached hydrogen (secondary N) is 2. The fourth-order valence-corrected chi connectivity index (χ4v) is 3.40. The third-order valence-corrected chi connectivity index (χ3v) is 4.85. The minimum Gasteiger partial charge on any atom is -0.356 e. The zero-order valence-corrected chi connectivity index (χ0v) is 19.7. The molecule has 0 atom stereocenters. The third-order valence-electron chi connectivity index (χ3n) is 4.85. The van der Waals surface area contributed by atoms with Crippen molar-refractivity contribution < 1.29 is 0 Å². The lowest BCUT2D eigenvalue weighted by atomic mass is 10.1. The molecule has 154 valence electrons. The second-order valence-electron chi connectivity index (χ2n) is 7.52. The molecule has 2 rings (SSSR count). The van der Waals surface area contributed by atoms with Gasteiger partial charge in [-0.05, 0) is 64.1 Å². The van der Waals surface area contributed by atoms with Crippen molar-refractivity contribution in [2.24, 2.45) is 4.99 Å². The van der Waals surface area contributed by atoms with Gasteiger partial charge in [0.1, 0.15) is 0 Å². The molecule has 0 radical (unpaired) electrons. The maximum atomic E-state index is 4.33. The largest absolute Gasteiger partial charge is 0.356 e. The summed E-state index contributed by atoms with van der Waals surface area (Å²) in [6.45, 7) is 6.49. The van der Waals surface area contributed by atoms with Gasteiger partial charge in [-0.15, -0.1) is 24.0 Å². The van der Waals surface area contributed by atoms with Crippen LogP contribution in [-0.4, -0.2) is 63.1 Å². The van der Waals surface area contributed by atoms with Crippen molar-refractivity contribution in [2.75, 3.05) is 47.3 Å². The van der Waals surface area contributed by atoms with E-state index in [9.17, 15) is 0 Å². The van der Waals surface area contributed by atoms with E-state index in [1.165, 1.54) is 62.9 Å². The molecule has 1 heterocycles. The molecular formula is C21H38IN5.